The van der Waals surface area contributed by atoms with Crippen LogP contribution in [0.3, 0.4) is 0 Å². The summed E-state index contributed by atoms with van der Waals surface area (Å²) in [4.78, 5) is 15.5. The van der Waals surface area contributed by atoms with Crippen molar-refractivity contribution in [1.82, 2.24) is 15.0 Å². The summed E-state index contributed by atoms with van der Waals surface area (Å²) in [5.41, 5.74) is 10.6. The molecule has 5 aliphatic rings. The summed E-state index contributed by atoms with van der Waals surface area (Å²) in [6.07, 6.45) is 6.82. The van der Waals surface area contributed by atoms with Crippen LogP contribution in [0.1, 0.15) is 43.2 Å². The fourth-order valence-corrected chi connectivity index (χ4v) is 11.3. The summed E-state index contributed by atoms with van der Waals surface area (Å²) in [6, 6.07) is 45.8. The van der Waals surface area contributed by atoms with Crippen LogP contribution in [0.5, 0.6) is 0 Å². The van der Waals surface area contributed by atoms with Gasteiger partial charge in [-0.15, -0.1) is 0 Å². The van der Waals surface area contributed by atoms with E-state index in [1.54, 1.807) is 5.56 Å². The van der Waals surface area contributed by atoms with Crippen molar-refractivity contribution in [3.8, 4) is 45.3 Å². The third-order valence-corrected chi connectivity index (χ3v) is 13.1. The van der Waals surface area contributed by atoms with Gasteiger partial charge in [0.15, 0.2) is 17.5 Å². The largest absolute Gasteiger partial charge is 0.456 e. The Kier molecular flexibility index (Phi) is 5.64. The van der Waals surface area contributed by atoms with Crippen LogP contribution in [-0.4, -0.2) is 15.0 Å². The normalized spacial score (nSPS) is 24.2. The van der Waals surface area contributed by atoms with Gasteiger partial charge in [0.1, 0.15) is 11.2 Å². The van der Waals surface area contributed by atoms with Gasteiger partial charge in [0.25, 0.3) is 0 Å². The number of furan rings is 1. The molecule has 4 heteroatoms. The summed E-state index contributed by atoms with van der Waals surface area (Å²) in [6.45, 7) is 0. The number of aromatic nitrogens is 3. The Morgan fingerprint density at radius 3 is 1.86 bits per heavy atom. The molecule has 2 aromatic heterocycles. The standard InChI is InChI=1S/C47H35N3O/c1-2-9-30(10-3-1)44-48-45(50-46(49-44)32-16-18-38-37-12-6-7-13-41(37)51-42(38)26-32)31-15-17-36-39-19-14-29-8-4-5-11-35(29)43(39)47(40(36)25-31)33-21-27-20-28(23-33)24-34(47)22-27/h1-19,25-28,33-34H,20-24H2. The molecule has 0 N–H and O–H groups in total. The van der Waals surface area contributed by atoms with Crippen LogP contribution in [0.2, 0.25) is 0 Å². The topological polar surface area (TPSA) is 51.8 Å². The highest BCUT2D eigenvalue weighted by atomic mass is 16.3. The van der Waals surface area contributed by atoms with Gasteiger partial charge in [-0.3, -0.25) is 0 Å². The lowest BCUT2D eigenvalue weighted by molar-refractivity contribution is -0.0393. The van der Waals surface area contributed by atoms with E-state index >= 15 is 0 Å². The first-order valence-electron chi connectivity index (χ1n) is 18.6. The molecular weight excluding hydrogens is 623 g/mol. The van der Waals surface area contributed by atoms with Crippen molar-refractivity contribution >= 4 is 32.7 Å². The summed E-state index contributed by atoms with van der Waals surface area (Å²) < 4.78 is 6.30. The number of hydrogen-bond donors (Lipinski definition) is 0. The van der Waals surface area contributed by atoms with Crippen LogP contribution < -0.4 is 0 Å². The van der Waals surface area contributed by atoms with Crippen LogP contribution >= 0.6 is 0 Å². The number of nitrogens with zero attached hydrogens (tertiary/aromatic N) is 3. The monoisotopic (exact) mass is 657 g/mol. The van der Waals surface area contributed by atoms with E-state index in [0.29, 0.717) is 29.3 Å². The van der Waals surface area contributed by atoms with E-state index < -0.39 is 0 Å². The van der Waals surface area contributed by atoms with Gasteiger partial charge in [0.05, 0.1) is 0 Å². The molecule has 6 aromatic carbocycles. The number of para-hydroxylation sites is 1. The molecule has 0 saturated heterocycles. The van der Waals surface area contributed by atoms with E-state index in [1.165, 1.54) is 59.6 Å². The molecule has 0 atom stereocenters. The van der Waals surface area contributed by atoms with Crippen LogP contribution in [0, 0.1) is 23.7 Å². The molecular formula is C47H35N3O. The highest BCUT2D eigenvalue weighted by molar-refractivity contribution is 6.05. The van der Waals surface area contributed by atoms with E-state index in [-0.39, 0.29) is 5.41 Å². The van der Waals surface area contributed by atoms with Gasteiger partial charge in [-0.1, -0.05) is 103 Å². The quantitative estimate of drug-likeness (QED) is 0.190. The average molecular weight is 658 g/mol. The minimum atomic E-state index is 0.0272. The maximum absolute atomic E-state index is 6.30. The smallest absolute Gasteiger partial charge is 0.164 e. The first kappa shape index (κ1) is 28.1. The molecule has 2 heterocycles. The Balaban J connectivity index is 1.07. The van der Waals surface area contributed by atoms with E-state index in [4.69, 9.17) is 19.4 Å². The molecule has 8 aromatic rings. The molecule has 4 saturated carbocycles. The molecule has 0 aliphatic heterocycles. The Hall–Kier alpha value is -5.61. The van der Waals surface area contributed by atoms with Crippen molar-refractivity contribution in [2.24, 2.45) is 23.7 Å². The van der Waals surface area contributed by atoms with E-state index in [9.17, 15) is 0 Å². The summed E-state index contributed by atoms with van der Waals surface area (Å²) in [5, 5.41) is 5.01. The van der Waals surface area contributed by atoms with Gasteiger partial charge < -0.3 is 4.42 Å². The molecule has 4 fully saturated rings. The van der Waals surface area contributed by atoms with Gasteiger partial charge in [-0.05, 0) is 113 Å². The molecule has 0 radical (unpaired) electrons. The third kappa shape index (κ3) is 3.88. The Labute approximate surface area is 296 Å². The second-order valence-electron chi connectivity index (χ2n) is 15.6. The lowest BCUT2D eigenvalue weighted by atomic mass is 9.43. The second kappa shape index (κ2) is 10.2. The molecule has 244 valence electrons. The molecule has 5 aliphatic carbocycles. The van der Waals surface area contributed by atoms with E-state index in [1.807, 2.05) is 30.3 Å². The molecule has 0 unspecified atom stereocenters. The van der Waals surface area contributed by atoms with Crippen LogP contribution in [0.25, 0.3) is 78.0 Å². The number of rotatable bonds is 3. The number of hydrogen-bond acceptors (Lipinski definition) is 4. The zero-order valence-corrected chi connectivity index (χ0v) is 28.2. The van der Waals surface area contributed by atoms with Crippen molar-refractivity contribution in [3.05, 3.63) is 139 Å². The van der Waals surface area contributed by atoms with Gasteiger partial charge in [-0.25, -0.2) is 15.0 Å². The predicted molar refractivity (Wildman–Crippen MR) is 204 cm³/mol. The van der Waals surface area contributed by atoms with E-state index in [0.717, 1.165) is 50.5 Å². The first-order chi connectivity index (χ1) is 25.2. The fraction of sp³-hybridized carbons (Fsp3) is 0.213. The molecule has 51 heavy (non-hydrogen) atoms. The minimum Gasteiger partial charge on any atom is -0.456 e. The van der Waals surface area contributed by atoms with Crippen molar-refractivity contribution in [3.63, 3.8) is 0 Å². The number of fused-ring (bicyclic) bond motifs is 8. The SMILES string of the molecule is c1ccc(-c2nc(-c3ccc4c(c3)C3(c5c-4ccc4ccccc54)C4CC5CC(C4)CC3C5)nc(-c3ccc4c(c3)oc3ccccc34)n2)cc1. The Morgan fingerprint density at radius 1 is 0.471 bits per heavy atom. The van der Waals surface area contributed by atoms with Crippen LogP contribution in [0.15, 0.2) is 132 Å². The van der Waals surface area contributed by atoms with Crippen molar-refractivity contribution in [2.75, 3.05) is 0 Å². The minimum absolute atomic E-state index is 0.0272. The predicted octanol–water partition coefficient (Wildman–Crippen LogP) is 11.6. The maximum atomic E-state index is 6.30. The zero-order valence-electron chi connectivity index (χ0n) is 28.2. The molecule has 4 bridgehead atoms. The summed E-state index contributed by atoms with van der Waals surface area (Å²) >= 11 is 0. The van der Waals surface area contributed by atoms with Crippen LogP contribution in [0.4, 0.5) is 0 Å². The summed E-state index contributed by atoms with van der Waals surface area (Å²) in [7, 11) is 0. The summed E-state index contributed by atoms with van der Waals surface area (Å²) in [5.74, 6) is 5.14. The Morgan fingerprint density at radius 2 is 1.08 bits per heavy atom. The van der Waals surface area contributed by atoms with Crippen LogP contribution in [-0.2, 0) is 5.41 Å². The third-order valence-electron chi connectivity index (χ3n) is 13.1. The lowest BCUT2D eigenvalue weighted by Crippen LogP contribution is -2.55. The number of benzene rings is 6. The molecule has 0 amide bonds. The lowest BCUT2D eigenvalue weighted by Gasteiger charge is -2.61. The second-order valence-corrected chi connectivity index (χ2v) is 15.6. The van der Waals surface area contributed by atoms with Crippen molar-refractivity contribution in [1.29, 1.82) is 0 Å². The van der Waals surface area contributed by atoms with Crippen molar-refractivity contribution in [2.45, 2.75) is 37.5 Å². The van der Waals surface area contributed by atoms with Gasteiger partial charge in [0, 0.05) is 32.9 Å². The Bertz CT molecular complexity index is 2700. The molecule has 13 rings (SSSR count). The zero-order chi connectivity index (χ0) is 33.3. The highest BCUT2D eigenvalue weighted by Crippen LogP contribution is 2.70. The maximum Gasteiger partial charge on any atom is 0.164 e. The highest BCUT2D eigenvalue weighted by Gasteiger charge is 2.62. The van der Waals surface area contributed by atoms with Gasteiger partial charge >= 0.3 is 0 Å². The molecule has 1 spiro atoms. The van der Waals surface area contributed by atoms with Crippen molar-refractivity contribution < 1.29 is 4.42 Å². The van der Waals surface area contributed by atoms with Gasteiger partial charge in [0.2, 0.25) is 0 Å². The fourth-order valence-electron chi connectivity index (χ4n) is 11.3. The first-order valence-corrected chi connectivity index (χ1v) is 18.6. The van der Waals surface area contributed by atoms with E-state index in [2.05, 4.69) is 97.1 Å². The average Bonchev–Trinajstić information content (AvgIpc) is 3.70. The van der Waals surface area contributed by atoms with Gasteiger partial charge in [-0.2, -0.15) is 0 Å². The molecule has 4 nitrogen and oxygen atoms in total.